The van der Waals surface area contributed by atoms with E-state index in [1.807, 2.05) is 18.2 Å². The number of para-hydroxylation sites is 2. The second-order valence-corrected chi connectivity index (χ2v) is 6.92. The molecule has 1 aliphatic rings. The molecule has 0 unspecified atom stereocenters. The van der Waals surface area contributed by atoms with E-state index in [0.717, 1.165) is 0 Å². The van der Waals surface area contributed by atoms with E-state index in [-0.39, 0.29) is 23.5 Å². The Morgan fingerprint density at radius 3 is 3.04 bits per heavy atom. The topological polar surface area (TPSA) is 91.2 Å². The minimum Gasteiger partial charge on any atom is -0.486 e. The van der Waals surface area contributed by atoms with Crippen molar-refractivity contribution in [2.75, 3.05) is 19.8 Å². The fraction of sp³-hybridized carbons (Fsp3) is 0.235. The van der Waals surface area contributed by atoms with Crippen molar-refractivity contribution in [3.8, 4) is 11.5 Å². The number of aromatic nitrogens is 2. The van der Waals surface area contributed by atoms with Gasteiger partial charge in [-0.05, 0) is 12.1 Å². The molecule has 140 valence electrons. The van der Waals surface area contributed by atoms with E-state index in [4.69, 9.17) is 25.8 Å². The van der Waals surface area contributed by atoms with Crippen LogP contribution in [0.5, 0.6) is 11.5 Å². The maximum Gasteiger partial charge on any atom is 0.359 e. The number of nitrogens with one attached hydrogen (secondary N) is 1. The molecule has 0 fully saturated rings. The number of fused-ring (bicyclic) bond motifs is 2. The van der Waals surface area contributed by atoms with Crippen molar-refractivity contribution in [1.82, 2.24) is 14.7 Å². The minimum atomic E-state index is -0.716. The van der Waals surface area contributed by atoms with E-state index in [2.05, 4.69) is 10.3 Å². The molecular formula is C17H14ClN3O5S. The van der Waals surface area contributed by atoms with Crippen molar-refractivity contribution in [2.24, 2.45) is 0 Å². The standard InChI is InChI=1S/C17H14ClN3O5S/c18-15-14(21-5-6-27-17(21)20-15)16(23)25-9-13(22)19-7-10-8-24-11-3-1-2-4-12(11)26-10/h1-6,10H,7-9H2,(H,19,22)/t10-/m1/s1. The highest BCUT2D eigenvalue weighted by Crippen LogP contribution is 2.30. The quantitative estimate of drug-likeness (QED) is 0.652. The van der Waals surface area contributed by atoms with Gasteiger partial charge in [0, 0.05) is 11.6 Å². The molecule has 1 amide bonds. The van der Waals surface area contributed by atoms with Gasteiger partial charge in [0.25, 0.3) is 5.91 Å². The maximum atomic E-state index is 12.2. The summed E-state index contributed by atoms with van der Waals surface area (Å²) in [5.74, 6) is 0.135. The number of halogens is 1. The van der Waals surface area contributed by atoms with Gasteiger partial charge in [0.2, 0.25) is 0 Å². The summed E-state index contributed by atoms with van der Waals surface area (Å²) in [4.78, 5) is 28.8. The Labute approximate surface area is 162 Å². The van der Waals surface area contributed by atoms with Crippen molar-refractivity contribution in [1.29, 1.82) is 0 Å². The Morgan fingerprint density at radius 2 is 2.19 bits per heavy atom. The first-order chi connectivity index (χ1) is 13.1. The predicted molar refractivity (Wildman–Crippen MR) is 97.7 cm³/mol. The lowest BCUT2D eigenvalue weighted by Gasteiger charge is -2.26. The van der Waals surface area contributed by atoms with Gasteiger partial charge < -0.3 is 19.5 Å². The number of ether oxygens (including phenoxy) is 3. The van der Waals surface area contributed by atoms with Crippen LogP contribution in [0.15, 0.2) is 35.8 Å². The van der Waals surface area contributed by atoms with Crippen LogP contribution in [-0.4, -0.2) is 47.1 Å². The molecule has 8 nitrogen and oxygen atoms in total. The highest BCUT2D eigenvalue weighted by Gasteiger charge is 2.23. The fourth-order valence-corrected chi connectivity index (χ4v) is 3.60. The summed E-state index contributed by atoms with van der Waals surface area (Å²) in [5.41, 5.74) is 0.0985. The lowest BCUT2D eigenvalue weighted by Crippen LogP contribution is -2.42. The summed E-state index contributed by atoms with van der Waals surface area (Å²) in [5, 5.41) is 4.47. The third-order valence-corrected chi connectivity index (χ3v) is 4.86. The number of hydrogen-bond acceptors (Lipinski definition) is 7. The van der Waals surface area contributed by atoms with Crippen molar-refractivity contribution in [3.63, 3.8) is 0 Å². The third-order valence-electron chi connectivity index (χ3n) is 3.84. The smallest absolute Gasteiger partial charge is 0.359 e. The predicted octanol–water partition coefficient (Wildman–Crippen LogP) is 2.16. The number of rotatable bonds is 5. The zero-order valence-electron chi connectivity index (χ0n) is 13.9. The lowest BCUT2D eigenvalue weighted by molar-refractivity contribution is -0.124. The molecule has 0 saturated heterocycles. The van der Waals surface area contributed by atoms with E-state index in [9.17, 15) is 9.59 Å². The molecule has 3 aromatic rings. The van der Waals surface area contributed by atoms with Gasteiger partial charge in [0.15, 0.2) is 33.9 Å². The first-order valence-corrected chi connectivity index (χ1v) is 9.31. The van der Waals surface area contributed by atoms with Gasteiger partial charge in [-0.1, -0.05) is 23.7 Å². The molecule has 0 aliphatic carbocycles. The van der Waals surface area contributed by atoms with Gasteiger partial charge >= 0.3 is 5.97 Å². The Hall–Kier alpha value is -2.78. The van der Waals surface area contributed by atoms with Crippen LogP contribution >= 0.6 is 22.9 Å². The largest absolute Gasteiger partial charge is 0.486 e. The van der Waals surface area contributed by atoms with Gasteiger partial charge in [0.05, 0.1) is 6.54 Å². The number of imidazole rings is 1. The van der Waals surface area contributed by atoms with Crippen LogP contribution in [-0.2, 0) is 9.53 Å². The summed E-state index contributed by atoms with van der Waals surface area (Å²) in [6.45, 7) is 0.113. The average molecular weight is 408 g/mol. The average Bonchev–Trinajstić information content (AvgIpc) is 3.24. The molecule has 0 bridgehead atoms. The molecule has 1 aromatic carbocycles. The molecule has 4 rings (SSSR count). The van der Waals surface area contributed by atoms with Crippen molar-refractivity contribution in [3.05, 3.63) is 46.7 Å². The van der Waals surface area contributed by atoms with E-state index in [1.54, 1.807) is 17.6 Å². The molecule has 27 heavy (non-hydrogen) atoms. The highest BCUT2D eigenvalue weighted by molar-refractivity contribution is 7.15. The molecular weight excluding hydrogens is 394 g/mol. The second-order valence-electron chi connectivity index (χ2n) is 5.68. The van der Waals surface area contributed by atoms with Gasteiger partial charge in [-0.3, -0.25) is 9.20 Å². The number of carbonyl (C=O) groups excluding carboxylic acids is 2. The number of benzene rings is 1. The molecule has 0 spiro atoms. The van der Waals surface area contributed by atoms with Crippen LogP contribution in [0.4, 0.5) is 0 Å². The number of esters is 1. The van der Waals surface area contributed by atoms with E-state index < -0.39 is 18.5 Å². The van der Waals surface area contributed by atoms with Crippen molar-refractivity contribution >= 4 is 39.8 Å². The number of carbonyl (C=O) groups is 2. The highest BCUT2D eigenvalue weighted by atomic mass is 35.5. The number of thiazole rings is 1. The van der Waals surface area contributed by atoms with Crippen LogP contribution in [0.2, 0.25) is 5.15 Å². The van der Waals surface area contributed by atoms with Crippen LogP contribution in [0.25, 0.3) is 4.96 Å². The molecule has 1 N–H and O–H groups in total. The fourth-order valence-electron chi connectivity index (χ4n) is 2.58. The van der Waals surface area contributed by atoms with Crippen LogP contribution in [0.1, 0.15) is 10.5 Å². The Kier molecular flexibility index (Phi) is 4.87. The van der Waals surface area contributed by atoms with Crippen LogP contribution < -0.4 is 14.8 Å². The maximum absolute atomic E-state index is 12.2. The van der Waals surface area contributed by atoms with Crippen LogP contribution in [0, 0.1) is 0 Å². The molecule has 0 saturated carbocycles. The number of amides is 1. The summed E-state index contributed by atoms with van der Waals surface area (Å²) >= 11 is 7.30. The van der Waals surface area contributed by atoms with E-state index in [1.165, 1.54) is 15.7 Å². The zero-order valence-corrected chi connectivity index (χ0v) is 15.5. The van der Waals surface area contributed by atoms with E-state index in [0.29, 0.717) is 23.1 Å². The summed E-state index contributed by atoms with van der Waals surface area (Å²) in [6.07, 6.45) is 1.34. The summed E-state index contributed by atoms with van der Waals surface area (Å²) in [6, 6.07) is 7.31. The van der Waals surface area contributed by atoms with Crippen molar-refractivity contribution < 1.29 is 23.8 Å². The van der Waals surface area contributed by atoms with Crippen molar-refractivity contribution in [2.45, 2.75) is 6.10 Å². The van der Waals surface area contributed by atoms with Gasteiger partial charge in [-0.25, -0.2) is 9.78 Å². The SMILES string of the molecule is O=C(COC(=O)c1c(Cl)nc2sccn12)NC[C@@H]1COc2ccccc2O1. The molecule has 10 heteroatoms. The summed E-state index contributed by atoms with van der Waals surface area (Å²) in [7, 11) is 0. The normalized spacial score (nSPS) is 15.5. The summed E-state index contributed by atoms with van der Waals surface area (Å²) < 4.78 is 17.9. The third kappa shape index (κ3) is 3.69. The molecule has 3 heterocycles. The number of nitrogens with zero attached hydrogens (tertiary/aromatic N) is 2. The lowest BCUT2D eigenvalue weighted by atomic mass is 10.2. The monoisotopic (exact) mass is 407 g/mol. The minimum absolute atomic E-state index is 0.0404. The number of hydrogen-bond donors (Lipinski definition) is 1. The van der Waals surface area contributed by atoms with Crippen LogP contribution in [0.3, 0.4) is 0 Å². The van der Waals surface area contributed by atoms with Gasteiger partial charge in [0.1, 0.15) is 12.7 Å². The molecule has 2 aromatic heterocycles. The molecule has 1 atom stereocenters. The zero-order chi connectivity index (χ0) is 18.8. The Balaban J connectivity index is 1.27. The molecule has 1 aliphatic heterocycles. The molecule has 0 radical (unpaired) electrons. The second kappa shape index (κ2) is 7.45. The van der Waals surface area contributed by atoms with E-state index >= 15 is 0 Å². The Bertz CT molecular complexity index is 1000. The van der Waals surface area contributed by atoms with Gasteiger partial charge in [-0.2, -0.15) is 0 Å². The first kappa shape index (κ1) is 17.6. The Morgan fingerprint density at radius 1 is 1.37 bits per heavy atom. The first-order valence-electron chi connectivity index (χ1n) is 8.05. The van der Waals surface area contributed by atoms with Gasteiger partial charge in [-0.15, -0.1) is 11.3 Å².